The summed E-state index contributed by atoms with van der Waals surface area (Å²) in [7, 11) is 0. The van der Waals surface area contributed by atoms with E-state index in [-0.39, 0.29) is 5.91 Å². The van der Waals surface area contributed by atoms with E-state index in [1.54, 1.807) is 25.1 Å². The number of hydrogen-bond acceptors (Lipinski definition) is 5. The number of nitrogens with zero attached hydrogens (tertiary/aromatic N) is 2. The summed E-state index contributed by atoms with van der Waals surface area (Å²) in [6, 6.07) is 17.1. The van der Waals surface area contributed by atoms with Crippen molar-refractivity contribution in [3.8, 4) is 5.75 Å². The van der Waals surface area contributed by atoms with E-state index in [1.165, 1.54) is 5.56 Å². The van der Waals surface area contributed by atoms with Crippen molar-refractivity contribution in [2.75, 3.05) is 17.2 Å². The Hall–Kier alpha value is -3.41. The summed E-state index contributed by atoms with van der Waals surface area (Å²) in [5.74, 6) is 2.04. The van der Waals surface area contributed by atoms with Crippen molar-refractivity contribution in [1.29, 1.82) is 0 Å². The van der Waals surface area contributed by atoms with E-state index in [1.807, 2.05) is 31.2 Å². The Morgan fingerprint density at radius 1 is 1.00 bits per heavy atom. The second kappa shape index (κ2) is 9.19. The van der Waals surface area contributed by atoms with Gasteiger partial charge in [0.2, 0.25) is 0 Å². The van der Waals surface area contributed by atoms with Crippen molar-refractivity contribution < 1.29 is 9.53 Å². The van der Waals surface area contributed by atoms with Crippen LogP contribution in [0, 0.1) is 6.92 Å². The summed E-state index contributed by atoms with van der Waals surface area (Å²) >= 11 is 0. The third-order valence-electron chi connectivity index (χ3n) is 4.34. The van der Waals surface area contributed by atoms with Gasteiger partial charge in [-0.15, -0.1) is 0 Å². The third-order valence-corrected chi connectivity index (χ3v) is 4.34. The average Bonchev–Trinajstić information content (AvgIpc) is 2.69. The summed E-state index contributed by atoms with van der Waals surface area (Å²) in [6.07, 6.45) is 0. The maximum absolute atomic E-state index is 12.6. The zero-order chi connectivity index (χ0) is 20.8. The fourth-order valence-corrected chi connectivity index (χ4v) is 2.84. The number of benzene rings is 2. The predicted octanol–water partition coefficient (Wildman–Crippen LogP) is 5.30. The maximum atomic E-state index is 12.6. The second-order valence-corrected chi connectivity index (χ2v) is 7.00. The monoisotopic (exact) mass is 390 g/mol. The molecule has 2 N–H and O–H groups in total. The highest BCUT2D eigenvalue weighted by Crippen LogP contribution is 2.21. The van der Waals surface area contributed by atoms with Crippen LogP contribution in [0.25, 0.3) is 0 Å². The lowest BCUT2D eigenvalue weighted by Gasteiger charge is -2.11. The molecule has 0 aliphatic heterocycles. The molecule has 0 bridgehead atoms. The van der Waals surface area contributed by atoms with Crippen molar-refractivity contribution in [3.05, 3.63) is 71.7 Å². The fraction of sp³-hybridized carbons (Fsp3) is 0.261. The molecule has 6 nitrogen and oxygen atoms in total. The number of carbonyl (C=O) groups excluding carboxylic acids is 1. The number of hydrogen-bond donors (Lipinski definition) is 2. The molecule has 0 unspecified atom stereocenters. The normalized spacial score (nSPS) is 10.7. The molecule has 0 saturated carbocycles. The van der Waals surface area contributed by atoms with Crippen molar-refractivity contribution in [2.45, 2.75) is 33.6 Å². The minimum absolute atomic E-state index is 0.294. The van der Waals surface area contributed by atoms with Crippen LogP contribution in [0.4, 0.5) is 17.2 Å². The largest absolute Gasteiger partial charge is 0.494 e. The van der Waals surface area contributed by atoms with Gasteiger partial charge in [-0.05, 0) is 61.7 Å². The molecule has 3 rings (SSSR count). The highest BCUT2D eigenvalue weighted by Gasteiger charge is 2.11. The summed E-state index contributed by atoms with van der Waals surface area (Å²) in [5.41, 5.74) is 3.15. The lowest BCUT2D eigenvalue weighted by Crippen LogP contribution is -2.15. The highest BCUT2D eigenvalue weighted by molar-refractivity contribution is 6.03. The van der Waals surface area contributed by atoms with Gasteiger partial charge < -0.3 is 15.4 Å². The van der Waals surface area contributed by atoms with E-state index >= 15 is 0 Å². The number of carbonyl (C=O) groups is 1. The second-order valence-electron chi connectivity index (χ2n) is 7.00. The van der Waals surface area contributed by atoms with Crippen LogP contribution >= 0.6 is 0 Å². The number of anilines is 3. The van der Waals surface area contributed by atoms with Gasteiger partial charge in [-0.2, -0.15) is 0 Å². The van der Waals surface area contributed by atoms with Crippen molar-refractivity contribution >= 4 is 23.1 Å². The summed E-state index contributed by atoms with van der Waals surface area (Å²) in [5, 5.41) is 6.10. The smallest absolute Gasteiger partial charge is 0.274 e. The van der Waals surface area contributed by atoms with Gasteiger partial charge in [-0.1, -0.05) is 26.0 Å². The van der Waals surface area contributed by atoms with Gasteiger partial charge >= 0.3 is 0 Å². The molecule has 29 heavy (non-hydrogen) atoms. The van der Waals surface area contributed by atoms with Gasteiger partial charge in [0.25, 0.3) is 5.91 Å². The average molecular weight is 390 g/mol. The molecule has 1 aromatic heterocycles. The number of ether oxygens (including phenoxy) is 1. The molecule has 1 amide bonds. The molecular weight excluding hydrogens is 364 g/mol. The Bertz CT molecular complexity index is 967. The van der Waals surface area contributed by atoms with Crippen LogP contribution in [0.1, 0.15) is 48.6 Å². The van der Waals surface area contributed by atoms with Crippen LogP contribution in [0.15, 0.2) is 54.6 Å². The van der Waals surface area contributed by atoms with E-state index < -0.39 is 0 Å². The van der Waals surface area contributed by atoms with Crippen LogP contribution in [-0.4, -0.2) is 22.5 Å². The van der Waals surface area contributed by atoms with Gasteiger partial charge in [-0.25, -0.2) is 9.97 Å². The van der Waals surface area contributed by atoms with E-state index in [4.69, 9.17) is 4.74 Å². The Labute approximate surface area is 171 Å². The van der Waals surface area contributed by atoms with Crippen LogP contribution in [-0.2, 0) is 0 Å². The number of aryl methyl sites for hydroxylation is 1. The molecule has 150 valence electrons. The molecule has 0 saturated heterocycles. The minimum atomic E-state index is -0.294. The standard InChI is InChI=1S/C23H26N4O2/c1-5-29-20-12-10-19(11-13-20)27-23(28)21-14-22(25-16(4)24-21)26-18-8-6-17(7-9-18)15(2)3/h6-15H,5H2,1-4H3,(H,27,28)(H,24,25,26). The number of rotatable bonds is 7. The lowest BCUT2D eigenvalue weighted by molar-refractivity contribution is 0.102. The highest BCUT2D eigenvalue weighted by atomic mass is 16.5. The predicted molar refractivity (Wildman–Crippen MR) is 116 cm³/mol. The third kappa shape index (κ3) is 5.54. The van der Waals surface area contributed by atoms with E-state index in [9.17, 15) is 4.79 Å². The molecule has 6 heteroatoms. The topological polar surface area (TPSA) is 76.1 Å². The maximum Gasteiger partial charge on any atom is 0.274 e. The molecule has 2 aromatic carbocycles. The van der Waals surface area contributed by atoms with Gasteiger partial charge in [0, 0.05) is 17.4 Å². The lowest BCUT2D eigenvalue weighted by atomic mass is 10.0. The zero-order valence-corrected chi connectivity index (χ0v) is 17.2. The SMILES string of the molecule is CCOc1ccc(NC(=O)c2cc(Nc3ccc(C(C)C)cc3)nc(C)n2)cc1. The number of nitrogens with one attached hydrogen (secondary N) is 2. The Balaban J connectivity index is 1.72. The molecule has 3 aromatic rings. The first-order valence-corrected chi connectivity index (χ1v) is 9.71. The first kappa shape index (κ1) is 20.3. The Kier molecular flexibility index (Phi) is 6.44. The van der Waals surface area contributed by atoms with Crippen LogP contribution in [0.2, 0.25) is 0 Å². The fourth-order valence-electron chi connectivity index (χ4n) is 2.84. The quantitative estimate of drug-likeness (QED) is 0.572. The molecule has 0 aliphatic rings. The molecule has 1 heterocycles. The molecular formula is C23H26N4O2. The van der Waals surface area contributed by atoms with Gasteiger partial charge in [0.05, 0.1) is 6.61 Å². The molecule has 0 fully saturated rings. The van der Waals surface area contributed by atoms with Crippen molar-refractivity contribution in [2.24, 2.45) is 0 Å². The Morgan fingerprint density at radius 2 is 1.66 bits per heavy atom. The van der Waals surface area contributed by atoms with E-state index in [2.05, 4.69) is 46.6 Å². The summed E-state index contributed by atoms with van der Waals surface area (Å²) in [4.78, 5) is 21.3. The number of amides is 1. The van der Waals surface area contributed by atoms with Gasteiger partial charge in [0.1, 0.15) is 23.1 Å². The molecule has 0 aliphatic carbocycles. The zero-order valence-electron chi connectivity index (χ0n) is 17.2. The van der Waals surface area contributed by atoms with Crippen LogP contribution < -0.4 is 15.4 Å². The van der Waals surface area contributed by atoms with Crippen molar-refractivity contribution in [1.82, 2.24) is 9.97 Å². The number of aromatic nitrogens is 2. The van der Waals surface area contributed by atoms with Gasteiger partial charge in [0.15, 0.2) is 0 Å². The molecule has 0 atom stereocenters. The summed E-state index contributed by atoms with van der Waals surface area (Å²) < 4.78 is 5.42. The van der Waals surface area contributed by atoms with Crippen LogP contribution in [0.3, 0.4) is 0 Å². The first-order chi connectivity index (χ1) is 13.9. The Morgan fingerprint density at radius 3 is 2.28 bits per heavy atom. The molecule has 0 spiro atoms. The van der Waals surface area contributed by atoms with E-state index in [0.717, 1.165) is 11.4 Å². The minimum Gasteiger partial charge on any atom is -0.494 e. The first-order valence-electron chi connectivity index (χ1n) is 9.71. The van der Waals surface area contributed by atoms with E-state index in [0.29, 0.717) is 35.5 Å². The molecule has 0 radical (unpaired) electrons. The van der Waals surface area contributed by atoms with Crippen molar-refractivity contribution in [3.63, 3.8) is 0 Å². The van der Waals surface area contributed by atoms with Gasteiger partial charge in [-0.3, -0.25) is 4.79 Å². The summed E-state index contributed by atoms with van der Waals surface area (Å²) in [6.45, 7) is 8.61. The van der Waals surface area contributed by atoms with Crippen LogP contribution in [0.5, 0.6) is 5.75 Å².